The summed E-state index contributed by atoms with van der Waals surface area (Å²) in [5, 5.41) is 3.42. The van der Waals surface area contributed by atoms with Gasteiger partial charge >= 0.3 is 0 Å². The van der Waals surface area contributed by atoms with E-state index in [0.29, 0.717) is 6.04 Å². The number of halogens is 2. The van der Waals surface area contributed by atoms with Gasteiger partial charge in [-0.25, -0.2) is 0 Å². The van der Waals surface area contributed by atoms with E-state index in [1.807, 2.05) is 6.08 Å². The van der Waals surface area contributed by atoms with E-state index in [9.17, 15) is 0 Å². The van der Waals surface area contributed by atoms with Crippen molar-refractivity contribution in [2.45, 2.75) is 18.9 Å². The van der Waals surface area contributed by atoms with Crippen molar-refractivity contribution in [3.63, 3.8) is 0 Å². The quantitative estimate of drug-likeness (QED) is 0.764. The molecule has 0 saturated carbocycles. The molecular weight excluding hydrogens is 368 g/mol. The lowest BCUT2D eigenvalue weighted by molar-refractivity contribution is 0.166. The number of nitrogens with zero attached hydrogens (tertiary/aromatic N) is 1. The van der Waals surface area contributed by atoms with Gasteiger partial charge in [0, 0.05) is 41.2 Å². The van der Waals surface area contributed by atoms with Crippen LogP contribution in [0, 0.1) is 0 Å². The van der Waals surface area contributed by atoms with Crippen LogP contribution in [0.3, 0.4) is 0 Å². The zero-order valence-electron chi connectivity index (χ0n) is 11.0. The Morgan fingerprint density at radius 3 is 2.63 bits per heavy atom. The van der Waals surface area contributed by atoms with Crippen molar-refractivity contribution in [2.24, 2.45) is 0 Å². The predicted molar refractivity (Wildman–Crippen MR) is 88.5 cm³/mol. The van der Waals surface area contributed by atoms with E-state index in [4.69, 9.17) is 0 Å². The van der Waals surface area contributed by atoms with E-state index >= 15 is 0 Å². The third kappa shape index (κ3) is 4.15. The summed E-state index contributed by atoms with van der Waals surface area (Å²) in [5.74, 6) is 0. The van der Waals surface area contributed by atoms with Crippen LogP contribution in [0.5, 0.6) is 0 Å². The molecule has 0 radical (unpaired) electrons. The van der Waals surface area contributed by atoms with Gasteiger partial charge in [-0.15, -0.1) is 6.58 Å². The van der Waals surface area contributed by atoms with E-state index in [1.54, 1.807) is 0 Å². The molecule has 1 saturated heterocycles. The molecule has 1 N–H and O–H groups in total. The number of rotatable bonds is 5. The van der Waals surface area contributed by atoms with E-state index < -0.39 is 0 Å². The van der Waals surface area contributed by atoms with Crippen LogP contribution in [0.25, 0.3) is 0 Å². The lowest BCUT2D eigenvalue weighted by atomic mass is 9.99. The summed E-state index contributed by atoms with van der Waals surface area (Å²) in [6.45, 7) is 8.27. The maximum Gasteiger partial charge on any atom is 0.0352 e. The molecule has 0 amide bonds. The SMILES string of the molecule is C=CCC[C@H](c1ccc(Br)c(Br)c1)N1CCNCC1. The largest absolute Gasteiger partial charge is 0.314 e. The van der Waals surface area contributed by atoms with Crippen LogP contribution in [0.4, 0.5) is 0 Å². The first-order valence-corrected chi connectivity index (χ1v) is 8.31. The fraction of sp³-hybridized carbons (Fsp3) is 0.467. The van der Waals surface area contributed by atoms with Gasteiger partial charge in [0.15, 0.2) is 0 Å². The van der Waals surface area contributed by atoms with Crippen molar-refractivity contribution in [2.75, 3.05) is 26.2 Å². The Balaban J connectivity index is 2.19. The van der Waals surface area contributed by atoms with Crippen LogP contribution in [0.2, 0.25) is 0 Å². The first kappa shape index (κ1) is 15.2. The molecule has 19 heavy (non-hydrogen) atoms. The van der Waals surface area contributed by atoms with Crippen LogP contribution in [-0.4, -0.2) is 31.1 Å². The van der Waals surface area contributed by atoms with Crippen molar-refractivity contribution in [3.05, 3.63) is 45.4 Å². The topological polar surface area (TPSA) is 15.3 Å². The summed E-state index contributed by atoms with van der Waals surface area (Å²) >= 11 is 7.15. The van der Waals surface area contributed by atoms with Crippen LogP contribution >= 0.6 is 31.9 Å². The van der Waals surface area contributed by atoms with Crippen molar-refractivity contribution in [3.8, 4) is 0 Å². The number of hydrogen-bond donors (Lipinski definition) is 1. The monoisotopic (exact) mass is 386 g/mol. The minimum absolute atomic E-state index is 0.490. The Hall–Kier alpha value is -0.160. The predicted octanol–water partition coefficient (Wildman–Crippen LogP) is 4.12. The Morgan fingerprint density at radius 1 is 1.26 bits per heavy atom. The van der Waals surface area contributed by atoms with E-state index in [2.05, 4.69) is 66.9 Å². The van der Waals surface area contributed by atoms with Gasteiger partial charge in [0.25, 0.3) is 0 Å². The molecule has 2 rings (SSSR count). The molecule has 104 valence electrons. The highest BCUT2D eigenvalue weighted by Gasteiger charge is 2.21. The minimum atomic E-state index is 0.490. The minimum Gasteiger partial charge on any atom is -0.314 e. The molecule has 1 fully saturated rings. The van der Waals surface area contributed by atoms with Crippen molar-refractivity contribution < 1.29 is 0 Å². The van der Waals surface area contributed by atoms with Crippen LogP contribution in [0.15, 0.2) is 39.8 Å². The molecule has 1 heterocycles. The summed E-state index contributed by atoms with van der Waals surface area (Å²) in [7, 11) is 0. The molecule has 0 spiro atoms. The van der Waals surface area contributed by atoms with Gasteiger partial charge in [0.05, 0.1) is 0 Å². The van der Waals surface area contributed by atoms with Gasteiger partial charge in [-0.1, -0.05) is 12.1 Å². The highest BCUT2D eigenvalue weighted by atomic mass is 79.9. The lowest BCUT2D eigenvalue weighted by Crippen LogP contribution is -2.45. The summed E-state index contributed by atoms with van der Waals surface area (Å²) in [6, 6.07) is 7.08. The maximum absolute atomic E-state index is 3.86. The zero-order chi connectivity index (χ0) is 13.7. The fourth-order valence-electron chi connectivity index (χ4n) is 2.55. The first-order chi connectivity index (χ1) is 9.22. The average Bonchev–Trinajstić information content (AvgIpc) is 2.44. The molecule has 1 aromatic carbocycles. The lowest BCUT2D eigenvalue weighted by Gasteiger charge is -2.35. The number of allylic oxidation sites excluding steroid dienone is 1. The van der Waals surface area contributed by atoms with Crippen LogP contribution < -0.4 is 5.32 Å². The smallest absolute Gasteiger partial charge is 0.0352 e. The van der Waals surface area contributed by atoms with E-state index in [-0.39, 0.29) is 0 Å². The van der Waals surface area contributed by atoms with Gasteiger partial charge in [-0.3, -0.25) is 4.90 Å². The molecular formula is C15H20Br2N2. The maximum atomic E-state index is 3.86. The molecule has 1 aromatic rings. The molecule has 1 aliphatic heterocycles. The van der Waals surface area contributed by atoms with Crippen molar-refractivity contribution in [1.29, 1.82) is 0 Å². The number of hydrogen-bond acceptors (Lipinski definition) is 2. The van der Waals surface area contributed by atoms with Crippen molar-refractivity contribution in [1.82, 2.24) is 10.2 Å². The Kier molecular flexibility index (Phi) is 6.07. The van der Waals surface area contributed by atoms with Gasteiger partial charge in [-0.2, -0.15) is 0 Å². The zero-order valence-corrected chi connectivity index (χ0v) is 14.2. The second-order valence-corrected chi connectivity index (χ2v) is 6.55. The van der Waals surface area contributed by atoms with Gasteiger partial charge in [0.1, 0.15) is 0 Å². The summed E-state index contributed by atoms with van der Waals surface area (Å²) < 4.78 is 2.24. The van der Waals surface area contributed by atoms with Gasteiger partial charge < -0.3 is 5.32 Å². The second-order valence-electron chi connectivity index (χ2n) is 4.84. The van der Waals surface area contributed by atoms with E-state index in [0.717, 1.165) is 48.0 Å². The molecule has 2 nitrogen and oxygen atoms in total. The van der Waals surface area contributed by atoms with Gasteiger partial charge in [-0.05, 0) is 62.4 Å². The third-order valence-electron chi connectivity index (χ3n) is 3.57. The molecule has 1 atom stereocenters. The second kappa shape index (κ2) is 7.58. The number of benzene rings is 1. The molecule has 1 aliphatic rings. The highest BCUT2D eigenvalue weighted by Crippen LogP contribution is 2.31. The molecule has 0 aromatic heterocycles. The van der Waals surface area contributed by atoms with Gasteiger partial charge in [0.2, 0.25) is 0 Å². The fourth-order valence-corrected chi connectivity index (χ4v) is 3.19. The van der Waals surface area contributed by atoms with Crippen LogP contribution in [0.1, 0.15) is 24.4 Å². The summed E-state index contributed by atoms with van der Waals surface area (Å²) in [4.78, 5) is 2.58. The highest BCUT2D eigenvalue weighted by molar-refractivity contribution is 9.13. The first-order valence-electron chi connectivity index (χ1n) is 6.73. The molecule has 0 unspecified atom stereocenters. The van der Waals surface area contributed by atoms with Crippen LogP contribution in [-0.2, 0) is 0 Å². The summed E-state index contributed by atoms with van der Waals surface area (Å²) in [5.41, 5.74) is 1.39. The average molecular weight is 388 g/mol. The Labute approximate surface area is 132 Å². The molecule has 0 bridgehead atoms. The van der Waals surface area contributed by atoms with E-state index in [1.165, 1.54) is 5.56 Å². The number of nitrogens with one attached hydrogen (secondary N) is 1. The Bertz CT molecular complexity index is 428. The molecule has 0 aliphatic carbocycles. The third-order valence-corrected chi connectivity index (χ3v) is 5.44. The van der Waals surface area contributed by atoms with Crippen molar-refractivity contribution >= 4 is 31.9 Å². The number of piperazine rings is 1. The molecule has 4 heteroatoms. The Morgan fingerprint density at radius 2 is 2.00 bits per heavy atom. The summed E-state index contributed by atoms with van der Waals surface area (Å²) in [6.07, 6.45) is 4.21. The normalized spacial score (nSPS) is 18.2. The standard InChI is InChI=1S/C15H20Br2N2/c1-2-3-4-15(19-9-7-18-8-10-19)12-5-6-13(16)14(17)11-12/h2,5-6,11,15,18H,1,3-4,7-10H2/t15-/m1/s1.